The van der Waals surface area contributed by atoms with Gasteiger partial charge >= 0.3 is 0 Å². The van der Waals surface area contributed by atoms with E-state index in [9.17, 15) is 14.4 Å². The van der Waals surface area contributed by atoms with Crippen LogP contribution in [0.2, 0.25) is 0 Å². The number of nitrogens with one attached hydrogen (secondary N) is 2. The maximum Gasteiger partial charge on any atom is 0.244 e. The van der Waals surface area contributed by atoms with Crippen molar-refractivity contribution in [2.75, 3.05) is 23.3 Å². The van der Waals surface area contributed by atoms with Gasteiger partial charge in [-0.25, -0.2) is 0 Å². The average Bonchev–Trinajstić information content (AvgIpc) is 2.70. The Hall–Kier alpha value is -2.41. The van der Waals surface area contributed by atoms with Gasteiger partial charge in [-0.3, -0.25) is 14.4 Å². The molecule has 3 amide bonds. The highest BCUT2D eigenvalue weighted by molar-refractivity contribution is 6.10. The van der Waals surface area contributed by atoms with Gasteiger partial charge in [0.1, 0.15) is 6.54 Å². The summed E-state index contributed by atoms with van der Waals surface area (Å²) >= 11 is 0. The lowest BCUT2D eigenvalue weighted by Crippen LogP contribution is -2.46. The summed E-state index contributed by atoms with van der Waals surface area (Å²) < 4.78 is 0. The summed E-state index contributed by atoms with van der Waals surface area (Å²) in [5, 5.41) is 5.76. The van der Waals surface area contributed by atoms with Crippen molar-refractivity contribution >= 4 is 29.1 Å². The monoisotopic (exact) mass is 372 g/mol. The van der Waals surface area contributed by atoms with E-state index in [1.54, 1.807) is 18.2 Å². The molecule has 1 saturated carbocycles. The van der Waals surface area contributed by atoms with Crippen LogP contribution in [0, 0.1) is 5.92 Å². The molecule has 1 aliphatic carbocycles. The van der Waals surface area contributed by atoms with Crippen molar-refractivity contribution < 1.29 is 14.4 Å². The first-order chi connectivity index (χ1) is 13.1. The third kappa shape index (κ3) is 4.86. The molecule has 27 heavy (non-hydrogen) atoms. The van der Waals surface area contributed by atoms with Crippen molar-refractivity contribution in [3.8, 4) is 0 Å². The first-order valence-electron chi connectivity index (χ1n) is 9.77. The molecule has 2 aliphatic rings. The quantitative estimate of drug-likeness (QED) is 0.708. The maximum atomic E-state index is 12.6. The van der Waals surface area contributed by atoms with Gasteiger partial charge in [0.2, 0.25) is 17.7 Å². The lowest BCUT2D eigenvalue weighted by atomic mass is 9.84. The van der Waals surface area contributed by atoms with Crippen molar-refractivity contribution in [3.05, 3.63) is 24.3 Å². The Labute approximate surface area is 159 Å². The highest BCUT2D eigenvalue weighted by Gasteiger charge is 2.28. The molecule has 7 heteroatoms. The van der Waals surface area contributed by atoms with E-state index in [2.05, 4.69) is 10.6 Å². The van der Waals surface area contributed by atoms with E-state index in [4.69, 9.17) is 5.73 Å². The molecule has 0 spiro atoms. The molecule has 0 saturated heterocycles. The Kier molecular flexibility index (Phi) is 6.45. The third-order valence-corrected chi connectivity index (χ3v) is 5.46. The van der Waals surface area contributed by atoms with Gasteiger partial charge in [-0.1, -0.05) is 31.4 Å². The van der Waals surface area contributed by atoms with Crippen molar-refractivity contribution in [3.63, 3.8) is 0 Å². The van der Waals surface area contributed by atoms with E-state index in [0.717, 1.165) is 12.8 Å². The van der Waals surface area contributed by atoms with Crippen molar-refractivity contribution in [2.45, 2.75) is 51.0 Å². The van der Waals surface area contributed by atoms with Gasteiger partial charge in [-0.2, -0.15) is 0 Å². The standard InChI is InChI=1S/C20H28N4O3/c21-12-16(14-6-2-1-3-7-14)23-18(25)10-11-20(27)24-13-19(26)22-15-8-4-5-9-17(15)24/h4-5,8-9,14,16H,1-3,6-7,10-13,21H2,(H,22,26)(H,23,25). The van der Waals surface area contributed by atoms with Crippen LogP contribution in [0.15, 0.2) is 24.3 Å². The minimum atomic E-state index is -0.230. The fourth-order valence-corrected chi connectivity index (χ4v) is 4.00. The number of hydrogen-bond acceptors (Lipinski definition) is 4. The zero-order chi connectivity index (χ0) is 19.2. The van der Waals surface area contributed by atoms with E-state index >= 15 is 0 Å². The highest BCUT2D eigenvalue weighted by Crippen LogP contribution is 2.29. The average molecular weight is 372 g/mol. The topological polar surface area (TPSA) is 105 Å². The Morgan fingerprint density at radius 1 is 1.19 bits per heavy atom. The number of nitrogens with zero attached hydrogens (tertiary/aromatic N) is 1. The molecule has 0 bridgehead atoms. The van der Waals surface area contributed by atoms with E-state index in [-0.39, 0.29) is 43.1 Å². The lowest BCUT2D eigenvalue weighted by molar-refractivity contribution is -0.126. The molecule has 1 aromatic carbocycles. The number of fused-ring (bicyclic) bond motifs is 1. The number of benzene rings is 1. The Balaban J connectivity index is 1.54. The van der Waals surface area contributed by atoms with Gasteiger partial charge in [-0.05, 0) is 30.9 Å². The number of nitrogens with two attached hydrogens (primary N) is 1. The molecule has 0 radical (unpaired) electrons. The number of carbonyl (C=O) groups is 3. The Morgan fingerprint density at radius 2 is 1.93 bits per heavy atom. The van der Waals surface area contributed by atoms with Gasteiger partial charge in [0.05, 0.1) is 11.4 Å². The zero-order valence-corrected chi connectivity index (χ0v) is 15.6. The van der Waals surface area contributed by atoms with Crippen molar-refractivity contribution in [1.82, 2.24) is 5.32 Å². The Morgan fingerprint density at radius 3 is 2.67 bits per heavy atom. The van der Waals surface area contributed by atoms with Crippen LogP contribution in [-0.2, 0) is 14.4 Å². The predicted molar refractivity (Wildman–Crippen MR) is 104 cm³/mol. The summed E-state index contributed by atoms with van der Waals surface area (Å²) in [7, 11) is 0. The Bertz CT molecular complexity index is 700. The minimum Gasteiger partial charge on any atom is -0.352 e. The van der Waals surface area contributed by atoms with Crippen LogP contribution >= 0.6 is 0 Å². The number of carbonyl (C=O) groups excluding carboxylic acids is 3. The van der Waals surface area contributed by atoms with E-state index in [1.807, 2.05) is 6.07 Å². The molecule has 146 valence electrons. The number of amides is 3. The molecule has 1 heterocycles. The van der Waals surface area contributed by atoms with Gasteiger partial charge < -0.3 is 21.3 Å². The van der Waals surface area contributed by atoms with Crippen LogP contribution in [0.3, 0.4) is 0 Å². The summed E-state index contributed by atoms with van der Waals surface area (Å²) in [5.74, 6) is -0.179. The molecule has 3 rings (SSSR count). The van der Waals surface area contributed by atoms with Crippen LogP contribution in [0.25, 0.3) is 0 Å². The van der Waals surface area contributed by atoms with Crippen LogP contribution < -0.4 is 21.3 Å². The summed E-state index contributed by atoms with van der Waals surface area (Å²) in [4.78, 5) is 38.2. The molecule has 1 unspecified atom stereocenters. The van der Waals surface area contributed by atoms with E-state index < -0.39 is 0 Å². The van der Waals surface area contributed by atoms with Crippen molar-refractivity contribution in [2.24, 2.45) is 11.7 Å². The normalized spacial score (nSPS) is 18.4. The fourth-order valence-electron chi connectivity index (χ4n) is 4.00. The predicted octanol–water partition coefficient (Wildman–Crippen LogP) is 1.78. The second kappa shape index (κ2) is 8.99. The first kappa shape index (κ1) is 19.4. The number of hydrogen-bond donors (Lipinski definition) is 3. The molecule has 7 nitrogen and oxygen atoms in total. The fraction of sp³-hybridized carbons (Fsp3) is 0.550. The number of para-hydroxylation sites is 2. The van der Waals surface area contributed by atoms with Crippen molar-refractivity contribution in [1.29, 1.82) is 0 Å². The molecule has 1 aromatic rings. The number of rotatable bonds is 6. The van der Waals surface area contributed by atoms with Gasteiger partial charge in [0, 0.05) is 25.4 Å². The minimum absolute atomic E-state index is 0.0191. The molecular formula is C20H28N4O3. The SMILES string of the molecule is NCC(NC(=O)CCC(=O)N1CC(=O)Nc2ccccc21)C1CCCCC1. The van der Waals surface area contributed by atoms with Crippen LogP contribution in [0.1, 0.15) is 44.9 Å². The molecule has 1 fully saturated rings. The summed E-state index contributed by atoms with van der Waals surface area (Å²) in [6.45, 7) is 0.398. The molecule has 0 aromatic heterocycles. The lowest BCUT2D eigenvalue weighted by Gasteiger charge is -2.30. The smallest absolute Gasteiger partial charge is 0.244 e. The van der Waals surface area contributed by atoms with Gasteiger partial charge in [-0.15, -0.1) is 0 Å². The highest BCUT2D eigenvalue weighted by atomic mass is 16.2. The van der Waals surface area contributed by atoms with Gasteiger partial charge in [0.25, 0.3) is 0 Å². The zero-order valence-electron chi connectivity index (χ0n) is 15.6. The molecule has 1 atom stereocenters. The van der Waals surface area contributed by atoms with E-state index in [1.165, 1.54) is 24.2 Å². The first-order valence-corrected chi connectivity index (χ1v) is 9.77. The molecule has 1 aliphatic heterocycles. The number of anilines is 2. The maximum absolute atomic E-state index is 12.6. The summed E-state index contributed by atoms with van der Waals surface area (Å²) in [6, 6.07) is 7.16. The molecule has 4 N–H and O–H groups in total. The second-order valence-corrected chi connectivity index (χ2v) is 7.35. The summed E-state index contributed by atoms with van der Waals surface area (Å²) in [5.41, 5.74) is 7.15. The van der Waals surface area contributed by atoms with E-state index in [0.29, 0.717) is 23.8 Å². The van der Waals surface area contributed by atoms with Crippen LogP contribution in [0.4, 0.5) is 11.4 Å². The third-order valence-electron chi connectivity index (χ3n) is 5.46. The van der Waals surface area contributed by atoms with Crippen LogP contribution in [-0.4, -0.2) is 36.9 Å². The largest absolute Gasteiger partial charge is 0.352 e. The molecular weight excluding hydrogens is 344 g/mol. The second-order valence-electron chi connectivity index (χ2n) is 7.35. The van der Waals surface area contributed by atoms with Gasteiger partial charge in [0.15, 0.2) is 0 Å². The summed E-state index contributed by atoms with van der Waals surface area (Å²) in [6.07, 6.45) is 5.98. The van der Waals surface area contributed by atoms with Crippen LogP contribution in [0.5, 0.6) is 0 Å².